The minimum Gasteiger partial charge on any atom is -0.468 e. The maximum Gasteiger partial charge on any atom is 0.307 e. The fraction of sp³-hybridized carbons (Fsp3) is 0.818. The highest BCUT2D eigenvalue weighted by Crippen LogP contribution is 1.93. The van der Waals surface area contributed by atoms with Gasteiger partial charge in [0.25, 0.3) is 6.47 Å². The maximum atomic E-state index is 11.2. The molecule has 0 aliphatic rings. The van der Waals surface area contributed by atoms with Crippen LogP contribution >= 0.6 is 0 Å². The molecule has 0 atom stereocenters. The van der Waals surface area contributed by atoms with Crippen molar-refractivity contribution in [2.45, 2.75) is 19.3 Å². The molecule has 100 valence electrons. The largest absolute Gasteiger partial charge is 0.468 e. The quantitative estimate of drug-likeness (QED) is 0.300. The summed E-state index contributed by atoms with van der Waals surface area (Å²) in [6.07, 6.45) is 1.77. The Labute approximate surface area is 102 Å². The lowest BCUT2D eigenvalue weighted by molar-refractivity contribution is -0.144. The summed E-state index contributed by atoms with van der Waals surface area (Å²) in [6, 6.07) is 0. The van der Waals surface area contributed by atoms with Gasteiger partial charge in [0.15, 0.2) is 0 Å². The molecule has 6 nitrogen and oxygen atoms in total. The zero-order valence-electron chi connectivity index (χ0n) is 10.3. The van der Waals surface area contributed by atoms with Crippen LogP contribution in [0.5, 0.6) is 0 Å². The first-order valence-electron chi connectivity index (χ1n) is 5.71. The molecule has 0 saturated carbocycles. The molecule has 6 heteroatoms. The van der Waals surface area contributed by atoms with Crippen molar-refractivity contribution in [1.82, 2.24) is 5.32 Å². The lowest BCUT2D eigenvalue weighted by Gasteiger charge is -2.05. The van der Waals surface area contributed by atoms with E-state index in [4.69, 9.17) is 9.47 Å². The Kier molecular flexibility index (Phi) is 12.1. The molecule has 0 spiro atoms. The van der Waals surface area contributed by atoms with Crippen molar-refractivity contribution in [3.05, 3.63) is 0 Å². The number of rotatable bonds is 12. The molecule has 0 amide bonds. The topological polar surface area (TPSA) is 73.9 Å². The number of hydrogen-bond donors (Lipinski definition) is 1. The zero-order chi connectivity index (χ0) is 12.8. The smallest absolute Gasteiger partial charge is 0.307 e. The molecule has 0 rings (SSSR count). The summed E-state index contributed by atoms with van der Waals surface area (Å²) >= 11 is 0. The van der Waals surface area contributed by atoms with Crippen LogP contribution in [-0.4, -0.2) is 52.5 Å². The van der Waals surface area contributed by atoms with Crippen molar-refractivity contribution in [2.75, 3.05) is 40.0 Å². The van der Waals surface area contributed by atoms with Gasteiger partial charge in [-0.2, -0.15) is 0 Å². The van der Waals surface area contributed by atoms with Gasteiger partial charge in [0.2, 0.25) is 0 Å². The molecule has 0 aromatic carbocycles. The van der Waals surface area contributed by atoms with Gasteiger partial charge in [0.1, 0.15) is 0 Å². The van der Waals surface area contributed by atoms with Crippen LogP contribution < -0.4 is 5.32 Å². The number of nitrogens with one attached hydrogen (secondary N) is 1. The van der Waals surface area contributed by atoms with Crippen LogP contribution in [0, 0.1) is 0 Å². The predicted molar refractivity (Wildman–Crippen MR) is 61.6 cm³/mol. The van der Waals surface area contributed by atoms with Gasteiger partial charge in [-0.3, -0.25) is 9.59 Å². The number of carbonyl (C=O) groups excluding carboxylic acids is 2. The Morgan fingerprint density at radius 1 is 1.18 bits per heavy atom. The molecule has 0 aromatic rings. The summed E-state index contributed by atoms with van der Waals surface area (Å²) in [5.74, 6) is -0.216. The van der Waals surface area contributed by atoms with Crippen molar-refractivity contribution < 1.29 is 23.8 Å². The first-order chi connectivity index (χ1) is 8.31. The molecular weight excluding hydrogens is 226 g/mol. The minimum atomic E-state index is -0.216. The first-order valence-corrected chi connectivity index (χ1v) is 5.71. The van der Waals surface area contributed by atoms with Crippen molar-refractivity contribution in [1.29, 1.82) is 0 Å². The molecule has 0 unspecified atom stereocenters. The lowest BCUT2D eigenvalue weighted by atomic mass is 10.3. The molecule has 0 aliphatic carbocycles. The Morgan fingerprint density at radius 2 is 1.94 bits per heavy atom. The van der Waals surface area contributed by atoms with E-state index in [1.807, 2.05) is 0 Å². The molecule has 0 aliphatic heterocycles. The second-order valence-electron chi connectivity index (χ2n) is 3.39. The average Bonchev–Trinajstić information content (AvgIpc) is 2.33. The fourth-order valence-corrected chi connectivity index (χ4v) is 1.08. The molecule has 0 saturated heterocycles. The number of methoxy groups -OCH3 is 1. The van der Waals surface area contributed by atoms with Gasteiger partial charge in [-0.1, -0.05) is 0 Å². The van der Waals surface area contributed by atoms with E-state index < -0.39 is 0 Å². The first kappa shape index (κ1) is 15.9. The number of ether oxygens (including phenoxy) is 3. The van der Waals surface area contributed by atoms with Crippen LogP contribution in [0.2, 0.25) is 0 Å². The van der Waals surface area contributed by atoms with E-state index >= 15 is 0 Å². The minimum absolute atomic E-state index is 0.216. The van der Waals surface area contributed by atoms with Crippen LogP contribution in [0.3, 0.4) is 0 Å². The van der Waals surface area contributed by atoms with E-state index in [0.29, 0.717) is 52.1 Å². The summed E-state index contributed by atoms with van der Waals surface area (Å²) in [5, 5.41) is 3.05. The second-order valence-corrected chi connectivity index (χ2v) is 3.39. The van der Waals surface area contributed by atoms with Crippen molar-refractivity contribution in [2.24, 2.45) is 0 Å². The molecule has 0 radical (unpaired) electrons. The van der Waals surface area contributed by atoms with Gasteiger partial charge in [0, 0.05) is 20.2 Å². The van der Waals surface area contributed by atoms with E-state index in [0.717, 1.165) is 6.54 Å². The monoisotopic (exact) mass is 247 g/mol. The molecule has 17 heavy (non-hydrogen) atoms. The van der Waals surface area contributed by atoms with Gasteiger partial charge in [-0.05, 0) is 12.8 Å². The molecule has 0 bridgehead atoms. The zero-order valence-corrected chi connectivity index (χ0v) is 10.3. The van der Waals surface area contributed by atoms with Crippen LogP contribution in [0.15, 0.2) is 0 Å². The Bertz CT molecular complexity index is 198. The van der Waals surface area contributed by atoms with Crippen LogP contribution in [0.25, 0.3) is 0 Å². The van der Waals surface area contributed by atoms with E-state index in [1.165, 1.54) is 0 Å². The van der Waals surface area contributed by atoms with Gasteiger partial charge in [-0.15, -0.1) is 0 Å². The Balaban J connectivity index is 3.14. The summed E-state index contributed by atoms with van der Waals surface area (Å²) in [5.41, 5.74) is 0. The van der Waals surface area contributed by atoms with Gasteiger partial charge in [0.05, 0.1) is 26.2 Å². The maximum absolute atomic E-state index is 11.2. The normalized spacial score (nSPS) is 9.94. The van der Waals surface area contributed by atoms with Gasteiger partial charge in [-0.25, -0.2) is 0 Å². The Morgan fingerprint density at radius 3 is 2.65 bits per heavy atom. The molecule has 0 aromatic heterocycles. The number of hydrogen-bond acceptors (Lipinski definition) is 6. The molecular formula is C11H21NO5. The fourth-order valence-electron chi connectivity index (χ4n) is 1.08. The summed E-state index contributed by atoms with van der Waals surface area (Å²) in [6.45, 7) is 3.12. The van der Waals surface area contributed by atoms with Crippen LogP contribution in [-0.2, 0) is 23.8 Å². The average molecular weight is 247 g/mol. The SMILES string of the molecule is COCCNCCC(=O)OCCCCOC=O. The van der Waals surface area contributed by atoms with Gasteiger partial charge >= 0.3 is 5.97 Å². The number of carbonyl (C=O) groups is 2. The van der Waals surface area contributed by atoms with E-state index in [2.05, 4.69) is 10.1 Å². The predicted octanol–water partition coefficient (Wildman–Crippen LogP) is 0.109. The van der Waals surface area contributed by atoms with Crippen molar-refractivity contribution in [3.63, 3.8) is 0 Å². The van der Waals surface area contributed by atoms with E-state index in [1.54, 1.807) is 7.11 Å². The van der Waals surface area contributed by atoms with Crippen molar-refractivity contribution in [3.8, 4) is 0 Å². The third-order valence-electron chi connectivity index (χ3n) is 1.98. The second kappa shape index (κ2) is 12.9. The highest BCUT2D eigenvalue weighted by atomic mass is 16.5. The molecule has 0 heterocycles. The van der Waals surface area contributed by atoms with E-state index in [9.17, 15) is 9.59 Å². The van der Waals surface area contributed by atoms with Crippen LogP contribution in [0.4, 0.5) is 0 Å². The Hall–Kier alpha value is -1.14. The standard InChI is InChI=1S/C11H21NO5/c1-15-9-6-12-5-4-11(14)17-8-3-2-7-16-10-13/h10,12H,2-9H2,1H3. The number of unbranched alkanes of at least 4 members (excludes halogenated alkanes) is 1. The van der Waals surface area contributed by atoms with Gasteiger partial charge < -0.3 is 19.5 Å². The van der Waals surface area contributed by atoms with E-state index in [-0.39, 0.29) is 5.97 Å². The third-order valence-corrected chi connectivity index (χ3v) is 1.98. The highest BCUT2D eigenvalue weighted by molar-refractivity contribution is 5.69. The van der Waals surface area contributed by atoms with Crippen LogP contribution in [0.1, 0.15) is 19.3 Å². The molecule has 0 fully saturated rings. The summed E-state index contributed by atoms with van der Waals surface area (Å²) < 4.78 is 14.3. The summed E-state index contributed by atoms with van der Waals surface area (Å²) in [7, 11) is 1.63. The number of esters is 1. The third kappa shape index (κ3) is 12.8. The summed E-state index contributed by atoms with van der Waals surface area (Å²) in [4.78, 5) is 21.0. The highest BCUT2D eigenvalue weighted by Gasteiger charge is 2.01. The lowest BCUT2D eigenvalue weighted by Crippen LogP contribution is -2.23. The molecule has 1 N–H and O–H groups in total. The van der Waals surface area contributed by atoms with Crippen molar-refractivity contribution >= 4 is 12.4 Å².